The molecule has 6 heteroatoms. The van der Waals surface area contributed by atoms with Gasteiger partial charge in [-0.25, -0.2) is 9.97 Å². The highest BCUT2D eigenvalue weighted by molar-refractivity contribution is 5.36. The van der Waals surface area contributed by atoms with E-state index in [9.17, 15) is 0 Å². The van der Waals surface area contributed by atoms with Crippen molar-refractivity contribution in [2.45, 2.75) is 33.4 Å². The van der Waals surface area contributed by atoms with Crippen molar-refractivity contribution >= 4 is 11.8 Å². The molecule has 22 heavy (non-hydrogen) atoms. The fourth-order valence-corrected chi connectivity index (χ4v) is 2.90. The SMILES string of the molecule is CCN(CC)c1ccc(CN2CCc3nc(N)ncc3C2)o1. The average Bonchev–Trinajstić information content (AvgIpc) is 2.97. The van der Waals surface area contributed by atoms with Gasteiger partial charge in [0.2, 0.25) is 5.95 Å². The van der Waals surface area contributed by atoms with Crippen LogP contribution in [-0.4, -0.2) is 34.5 Å². The summed E-state index contributed by atoms with van der Waals surface area (Å²) in [5.41, 5.74) is 7.88. The normalized spacial score (nSPS) is 14.8. The molecule has 1 aliphatic heterocycles. The number of nitrogens with zero attached hydrogens (tertiary/aromatic N) is 4. The van der Waals surface area contributed by atoms with Crippen molar-refractivity contribution in [3.8, 4) is 0 Å². The predicted octanol–water partition coefficient (Wildman–Crippen LogP) is 2.06. The number of hydrogen-bond donors (Lipinski definition) is 1. The van der Waals surface area contributed by atoms with Crippen LogP contribution in [0, 0.1) is 0 Å². The molecule has 0 aromatic carbocycles. The van der Waals surface area contributed by atoms with Crippen LogP contribution in [0.3, 0.4) is 0 Å². The van der Waals surface area contributed by atoms with Crippen molar-refractivity contribution in [1.82, 2.24) is 14.9 Å². The Balaban J connectivity index is 1.66. The van der Waals surface area contributed by atoms with Crippen LogP contribution in [-0.2, 0) is 19.5 Å². The van der Waals surface area contributed by atoms with Crippen LogP contribution in [0.15, 0.2) is 22.7 Å². The van der Waals surface area contributed by atoms with E-state index in [1.54, 1.807) is 0 Å². The molecule has 3 rings (SSSR count). The summed E-state index contributed by atoms with van der Waals surface area (Å²) in [6.07, 6.45) is 2.75. The number of fused-ring (bicyclic) bond motifs is 1. The number of nitrogens with two attached hydrogens (primary N) is 1. The number of hydrogen-bond acceptors (Lipinski definition) is 6. The Morgan fingerprint density at radius 1 is 1.32 bits per heavy atom. The molecule has 0 fully saturated rings. The van der Waals surface area contributed by atoms with E-state index in [0.29, 0.717) is 5.95 Å². The first-order valence-corrected chi connectivity index (χ1v) is 7.85. The standard InChI is InChI=1S/C16H23N5O/c1-3-21(4-2)15-6-5-13(22-15)11-20-8-7-14-12(10-20)9-18-16(17)19-14/h5-6,9H,3-4,7-8,10-11H2,1-2H3,(H2,17,18,19). The van der Waals surface area contributed by atoms with Crippen LogP contribution >= 0.6 is 0 Å². The van der Waals surface area contributed by atoms with Crippen molar-refractivity contribution < 1.29 is 4.42 Å². The molecular formula is C16H23N5O. The Bertz CT molecular complexity index is 635. The van der Waals surface area contributed by atoms with Crippen molar-refractivity contribution in [2.24, 2.45) is 0 Å². The second kappa shape index (κ2) is 6.36. The van der Waals surface area contributed by atoms with Gasteiger partial charge in [-0.15, -0.1) is 0 Å². The lowest BCUT2D eigenvalue weighted by Gasteiger charge is -2.27. The third kappa shape index (κ3) is 3.06. The highest BCUT2D eigenvalue weighted by atomic mass is 16.4. The Labute approximate surface area is 130 Å². The highest BCUT2D eigenvalue weighted by Crippen LogP contribution is 2.22. The topological polar surface area (TPSA) is 71.4 Å². The largest absolute Gasteiger partial charge is 0.444 e. The van der Waals surface area contributed by atoms with E-state index in [2.05, 4.69) is 45.7 Å². The van der Waals surface area contributed by atoms with Gasteiger partial charge in [0.15, 0.2) is 5.88 Å². The van der Waals surface area contributed by atoms with E-state index in [4.69, 9.17) is 10.2 Å². The van der Waals surface area contributed by atoms with Gasteiger partial charge >= 0.3 is 0 Å². The first-order valence-electron chi connectivity index (χ1n) is 7.85. The molecule has 0 radical (unpaired) electrons. The molecule has 2 aromatic rings. The quantitative estimate of drug-likeness (QED) is 0.911. The number of rotatable bonds is 5. The molecule has 0 spiro atoms. The first kappa shape index (κ1) is 14.8. The van der Waals surface area contributed by atoms with Crippen LogP contribution in [0.4, 0.5) is 11.8 Å². The number of aromatic nitrogens is 2. The summed E-state index contributed by atoms with van der Waals surface area (Å²) in [5, 5.41) is 0. The van der Waals surface area contributed by atoms with Gasteiger partial charge in [-0.2, -0.15) is 0 Å². The molecular weight excluding hydrogens is 278 g/mol. The first-order chi connectivity index (χ1) is 10.7. The Morgan fingerprint density at radius 3 is 2.91 bits per heavy atom. The van der Waals surface area contributed by atoms with E-state index in [0.717, 1.165) is 62.0 Å². The van der Waals surface area contributed by atoms with Crippen LogP contribution in [0.1, 0.15) is 30.9 Å². The summed E-state index contributed by atoms with van der Waals surface area (Å²) in [5.74, 6) is 2.32. The molecule has 2 N–H and O–H groups in total. The monoisotopic (exact) mass is 301 g/mol. The van der Waals surface area contributed by atoms with E-state index in [1.165, 1.54) is 0 Å². The molecule has 1 aliphatic rings. The summed E-state index contributed by atoms with van der Waals surface area (Å²) in [6.45, 7) is 8.81. The molecule has 0 aliphatic carbocycles. The molecule has 2 aromatic heterocycles. The molecule has 0 bridgehead atoms. The van der Waals surface area contributed by atoms with Crippen molar-refractivity contribution in [2.75, 3.05) is 30.3 Å². The minimum Gasteiger partial charge on any atom is -0.444 e. The van der Waals surface area contributed by atoms with Gasteiger partial charge in [0, 0.05) is 50.4 Å². The zero-order chi connectivity index (χ0) is 15.5. The lowest BCUT2D eigenvalue weighted by Crippen LogP contribution is -2.30. The predicted molar refractivity (Wildman–Crippen MR) is 86.5 cm³/mol. The van der Waals surface area contributed by atoms with Gasteiger partial charge in [-0.05, 0) is 19.9 Å². The fraction of sp³-hybridized carbons (Fsp3) is 0.500. The molecule has 0 unspecified atom stereocenters. The summed E-state index contributed by atoms with van der Waals surface area (Å²) in [4.78, 5) is 13.0. The maximum Gasteiger partial charge on any atom is 0.220 e. The molecule has 0 amide bonds. The van der Waals surface area contributed by atoms with Gasteiger partial charge in [0.25, 0.3) is 0 Å². The van der Waals surface area contributed by atoms with Crippen LogP contribution in [0.2, 0.25) is 0 Å². The number of nitrogen functional groups attached to an aromatic ring is 1. The third-order valence-electron chi connectivity index (χ3n) is 4.13. The van der Waals surface area contributed by atoms with Crippen LogP contribution in [0.5, 0.6) is 0 Å². The number of furan rings is 1. The van der Waals surface area contributed by atoms with E-state index in [-0.39, 0.29) is 0 Å². The van der Waals surface area contributed by atoms with Gasteiger partial charge in [0.1, 0.15) is 5.76 Å². The molecule has 0 saturated heterocycles. The Hall–Kier alpha value is -2.08. The third-order valence-corrected chi connectivity index (χ3v) is 4.13. The van der Waals surface area contributed by atoms with E-state index in [1.807, 2.05) is 6.20 Å². The van der Waals surface area contributed by atoms with Crippen LogP contribution in [0.25, 0.3) is 0 Å². The van der Waals surface area contributed by atoms with Gasteiger partial charge in [-0.1, -0.05) is 0 Å². The van der Waals surface area contributed by atoms with Gasteiger partial charge in [0.05, 0.1) is 12.2 Å². The molecule has 6 nitrogen and oxygen atoms in total. The maximum atomic E-state index is 5.97. The Morgan fingerprint density at radius 2 is 2.14 bits per heavy atom. The van der Waals surface area contributed by atoms with Crippen molar-refractivity contribution in [3.63, 3.8) is 0 Å². The molecule has 118 valence electrons. The summed E-state index contributed by atoms with van der Waals surface area (Å²) < 4.78 is 5.97. The van der Waals surface area contributed by atoms with Crippen molar-refractivity contribution in [3.05, 3.63) is 35.3 Å². The highest BCUT2D eigenvalue weighted by Gasteiger charge is 2.19. The second-order valence-corrected chi connectivity index (χ2v) is 5.57. The second-order valence-electron chi connectivity index (χ2n) is 5.57. The Kier molecular flexibility index (Phi) is 4.29. The van der Waals surface area contributed by atoms with Crippen molar-refractivity contribution in [1.29, 1.82) is 0 Å². The molecule has 3 heterocycles. The van der Waals surface area contributed by atoms with Gasteiger partial charge in [-0.3, -0.25) is 4.90 Å². The van der Waals surface area contributed by atoms with Crippen LogP contribution < -0.4 is 10.6 Å². The zero-order valence-electron chi connectivity index (χ0n) is 13.2. The summed E-state index contributed by atoms with van der Waals surface area (Å²) in [7, 11) is 0. The maximum absolute atomic E-state index is 5.97. The van der Waals surface area contributed by atoms with E-state index >= 15 is 0 Å². The minimum absolute atomic E-state index is 0.363. The van der Waals surface area contributed by atoms with E-state index < -0.39 is 0 Å². The summed E-state index contributed by atoms with van der Waals surface area (Å²) in [6, 6.07) is 4.13. The molecule has 0 saturated carbocycles. The lowest BCUT2D eigenvalue weighted by atomic mass is 10.1. The molecule has 0 atom stereocenters. The number of anilines is 2. The fourth-order valence-electron chi connectivity index (χ4n) is 2.90. The smallest absolute Gasteiger partial charge is 0.220 e. The minimum atomic E-state index is 0.363. The van der Waals surface area contributed by atoms with Gasteiger partial charge < -0.3 is 15.1 Å². The zero-order valence-corrected chi connectivity index (χ0v) is 13.2. The lowest BCUT2D eigenvalue weighted by molar-refractivity contribution is 0.224. The average molecular weight is 301 g/mol. The summed E-state index contributed by atoms with van der Waals surface area (Å²) >= 11 is 0.